The largest absolute Gasteiger partial charge is 0.354 e. The number of Topliss-reactive ketones (excluding diaryl/α,β-unsaturated/α-hetero) is 1. The van der Waals surface area contributed by atoms with Crippen molar-refractivity contribution in [3.63, 3.8) is 0 Å². The number of hydrogen-bond acceptors (Lipinski definition) is 11. The van der Waals surface area contributed by atoms with Gasteiger partial charge in [0, 0.05) is 57.5 Å². The molecule has 1 aliphatic rings. The molecular weight excluding hydrogens is 610 g/mol. The molecular formula is C29H35N5O10S. The Labute approximate surface area is 259 Å². The summed E-state index contributed by atoms with van der Waals surface area (Å²) in [5.41, 5.74) is 3.06. The van der Waals surface area contributed by atoms with E-state index in [-0.39, 0.29) is 70.1 Å². The third-order valence-corrected chi connectivity index (χ3v) is 7.35. The molecule has 3 heterocycles. The molecule has 1 atom stereocenters. The lowest BCUT2D eigenvalue weighted by molar-refractivity contribution is -0.197. The van der Waals surface area contributed by atoms with Gasteiger partial charge in [-0.15, -0.1) is 5.06 Å². The number of nitrogens with one attached hydrogen (secondary N) is 2. The molecule has 15 nitrogen and oxygen atoms in total. The van der Waals surface area contributed by atoms with Crippen molar-refractivity contribution in [2.24, 2.45) is 0 Å². The van der Waals surface area contributed by atoms with Crippen molar-refractivity contribution >= 4 is 45.5 Å². The van der Waals surface area contributed by atoms with E-state index in [1.807, 2.05) is 19.1 Å². The van der Waals surface area contributed by atoms with Gasteiger partial charge in [-0.3, -0.25) is 38.5 Å². The van der Waals surface area contributed by atoms with Gasteiger partial charge in [0.05, 0.1) is 11.4 Å². The first-order chi connectivity index (χ1) is 21.3. The van der Waals surface area contributed by atoms with Crippen LogP contribution >= 0.6 is 0 Å². The van der Waals surface area contributed by atoms with Crippen molar-refractivity contribution in [1.82, 2.24) is 25.7 Å². The summed E-state index contributed by atoms with van der Waals surface area (Å²) in [7, 11) is -4.64. The molecule has 3 N–H and O–H groups in total. The summed E-state index contributed by atoms with van der Waals surface area (Å²) in [5.74, 6) is -4.75. The average molecular weight is 646 g/mol. The first kappa shape index (κ1) is 34.9. The number of unbranched alkanes of at least 4 members (excludes halogenated alkanes) is 1. The highest BCUT2D eigenvalue weighted by atomic mass is 32.2. The van der Waals surface area contributed by atoms with E-state index >= 15 is 0 Å². The molecule has 16 heteroatoms. The van der Waals surface area contributed by atoms with E-state index in [9.17, 15) is 41.7 Å². The van der Waals surface area contributed by atoms with Gasteiger partial charge < -0.3 is 15.5 Å². The van der Waals surface area contributed by atoms with Crippen molar-refractivity contribution in [2.45, 2.75) is 70.8 Å². The maximum atomic E-state index is 12.6. The number of amides is 4. The van der Waals surface area contributed by atoms with Crippen molar-refractivity contribution in [1.29, 1.82) is 0 Å². The first-order valence-corrected chi connectivity index (χ1v) is 15.9. The highest BCUT2D eigenvalue weighted by Gasteiger charge is 2.32. The Morgan fingerprint density at radius 3 is 2.29 bits per heavy atom. The number of pyridine rings is 2. The molecule has 2 aromatic heterocycles. The second-order valence-electron chi connectivity index (χ2n) is 10.5. The topological polar surface area (TPSA) is 219 Å². The number of imide groups is 1. The SMILES string of the molecule is Cc1ccnc(-c2cc(CC(=O)CCCC(=O)NC(CS(=O)(=O)O)C(=O)NCCCCC(=O)ON3C(=O)CCC3=O)ccn2)c1. The highest BCUT2D eigenvalue weighted by molar-refractivity contribution is 7.85. The fraction of sp³-hybridized carbons (Fsp3) is 0.448. The molecule has 1 aliphatic heterocycles. The van der Waals surface area contributed by atoms with E-state index in [4.69, 9.17) is 4.84 Å². The molecule has 1 fully saturated rings. The number of nitrogens with zero attached hydrogens (tertiary/aromatic N) is 3. The van der Waals surface area contributed by atoms with Crippen molar-refractivity contribution in [3.8, 4) is 11.4 Å². The van der Waals surface area contributed by atoms with Gasteiger partial charge in [0.1, 0.15) is 17.6 Å². The lowest BCUT2D eigenvalue weighted by atomic mass is 10.0. The summed E-state index contributed by atoms with van der Waals surface area (Å²) in [5, 5.41) is 5.14. The van der Waals surface area contributed by atoms with Crippen LogP contribution in [0.4, 0.5) is 0 Å². The smallest absolute Gasteiger partial charge is 0.333 e. The molecule has 1 saturated heterocycles. The van der Waals surface area contributed by atoms with Crippen LogP contribution in [0.5, 0.6) is 0 Å². The van der Waals surface area contributed by atoms with E-state index in [2.05, 4.69) is 20.6 Å². The van der Waals surface area contributed by atoms with Crippen LogP contribution in [0, 0.1) is 6.92 Å². The summed E-state index contributed by atoms with van der Waals surface area (Å²) in [6.45, 7) is 1.93. The van der Waals surface area contributed by atoms with Crippen LogP contribution in [0.3, 0.4) is 0 Å². The monoisotopic (exact) mass is 645 g/mol. The summed E-state index contributed by atoms with van der Waals surface area (Å²) >= 11 is 0. The first-order valence-electron chi connectivity index (χ1n) is 14.3. The molecule has 0 aromatic carbocycles. The van der Waals surface area contributed by atoms with Gasteiger partial charge in [-0.05, 0) is 61.6 Å². The van der Waals surface area contributed by atoms with Crippen LogP contribution in [-0.4, -0.2) is 81.7 Å². The van der Waals surface area contributed by atoms with Crippen LogP contribution in [-0.2, 0) is 50.1 Å². The van der Waals surface area contributed by atoms with Crippen LogP contribution in [0.15, 0.2) is 36.7 Å². The number of hydroxylamine groups is 2. The summed E-state index contributed by atoms with van der Waals surface area (Å²) < 4.78 is 32.1. The third-order valence-electron chi connectivity index (χ3n) is 6.60. The van der Waals surface area contributed by atoms with Gasteiger partial charge in [0.2, 0.25) is 11.8 Å². The van der Waals surface area contributed by atoms with Gasteiger partial charge >= 0.3 is 5.97 Å². The van der Waals surface area contributed by atoms with Gasteiger partial charge in [0.25, 0.3) is 21.9 Å². The lowest BCUT2D eigenvalue weighted by Crippen LogP contribution is -2.50. The van der Waals surface area contributed by atoms with E-state index in [1.165, 1.54) is 0 Å². The molecule has 3 rings (SSSR count). The minimum atomic E-state index is -4.64. The standard InChI is InChI=1S/C29H35N5O10S/c1-19-10-13-30-22(15-19)23-17-20(11-14-31-23)16-21(35)5-4-6-25(36)33-24(18-45(41,42)43)29(40)32-12-3-2-7-28(39)44-34-26(37)8-9-27(34)38/h10-11,13-15,17,24H,2-9,12,16,18H2,1H3,(H,32,40)(H,33,36)(H,41,42,43). The second kappa shape index (κ2) is 16.5. The van der Waals surface area contributed by atoms with Crippen LogP contribution in [0.2, 0.25) is 0 Å². The van der Waals surface area contributed by atoms with E-state index in [1.54, 1.807) is 24.5 Å². The van der Waals surface area contributed by atoms with E-state index in [0.717, 1.165) is 11.1 Å². The number of ketones is 1. The quantitative estimate of drug-likeness (QED) is 0.125. The molecule has 0 aliphatic carbocycles. The fourth-order valence-corrected chi connectivity index (χ4v) is 5.01. The fourth-order valence-electron chi connectivity index (χ4n) is 4.36. The zero-order chi connectivity index (χ0) is 33.0. The van der Waals surface area contributed by atoms with Crippen molar-refractivity contribution < 1.29 is 46.6 Å². The summed E-state index contributed by atoms with van der Waals surface area (Å²) in [6, 6.07) is 5.64. The minimum absolute atomic E-state index is 0.00327. The molecule has 45 heavy (non-hydrogen) atoms. The maximum absolute atomic E-state index is 12.6. The molecule has 4 amide bonds. The van der Waals surface area contributed by atoms with Gasteiger partial charge in [0.15, 0.2) is 0 Å². The number of carbonyl (C=O) groups is 6. The molecule has 1 unspecified atom stereocenters. The number of carbonyl (C=O) groups excluding carboxylic acids is 6. The Kier molecular flexibility index (Phi) is 12.8. The average Bonchev–Trinajstić information content (AvgIpc) is 3.28. The summed E-state index contributed by atoms with van der Waals surface area (Å²) in [4.78, 5) is 85.7. The Balaban J connectivity index is 1.39. The molecule has 0 spiro atoms. The van der Waals surface area contributed by atoms with Gasteiger partial charge in [-0.1, -0.05) is 0 Å². The van der Waals surface area contributed by atoms with Crippen LogP contribution < -0.4 is 10.6 Å². The normalized spacial score (nSPS) is 13.8. The molecule has 0 bridgehead atoms. The van der Waals surface area contributed by atoms with Gasteiger partial charge in [-0.2, -0.15) is 8.42 Å². The summed E-state index contributed by atoms with van der Waals surface area (Å²) in [6.07, 6.45) is 3.67. The highest BCUT2D eigenvalue weighted by Crippen LogP contribution is 2.17. The number of rotatable bonds is 17. The second-order valence-corrected chi connectivity index (χ2v) is 12.0. The zero-order valence-electron chi connectivity index (χ0n) is 24.7. The predicted molar refractivity (Wildman–Crippen MR) is 157 cm³/mol. The molecule has 2 aromatic rings. The zero-order valence-corrected chi connectivity index (χ0v) is 25.5. The number of hydrogen-bond donors (Lipinski definition) is 3. The molecule has 0 radical (unpaired) electrons. The maximum Gasteiger partial charge on any atom is 0.333 e. The van der Waals surface area contributed by atoms with Crippen LogP contribution in [0.1, 0.15) is 62.5 Å². The minimum Gasteiger partial charge on any atom is -0.354 e. The Morgan fingerprint density at radius 2 is 1.62 bits per heavy atom. The Hall–Kier alpha value is -4.57. The number of aryl methyl sites for hydroxylation is 1. The van der Waals surface area contributed by atoms with E-state index < -0.39 is 51.5 Å². The third kappa shape index (κ3) is 12.1. The predicted octanol–water partition coefficient (Wildman–Crippen LogP) is 1.00. The van der Waals surface area contributed by atoms with Crippen LogP contribution in [0.25, 0.3) is 11.4 Å². The van der Waals surface area contributed by atoms with E-state index in [0.29, 0.717) is 16.5 Å². The molecule has 242 valence electrons. The Morgan fingerprint density at radius 1 is 0.956 bits per heavy atom. The van der Waals surface area contributed by atoms with Gasteiger partial charge in [-0.25, -0.2) is 4.79 Å². The van der Waals surface area contributed by atoms with Crippen molar-refractivity contribution in [3.05, 3.63) is 47.8 Å². The molecule has 0 saturated carbocycles. The lowest BCUT2D eigenvalue weighted by Gasteiger charge is -2.17. The Bertz CT molecular complexity index is 1530. The number of aromatic nitrogens is 2. The van der Waals surface area contributed by atoms with Crippen molar-refractivity contribution in [2.75, 3.05) is 12.3 Å².